The SMILES string of the molecule is CC(C)(C)OC(=O)N1CCC2(CCC2)CC1CN.Cl. The lowest BCUT2D eigenvalue weighted by molar-refractivity contribution is -0.0267. The van der Waals surface area contributed by atoms with E-state index in [0.29, 0.717) is 12.0 Å². The summed E-state index contributed by atoms with van der Waals surface area (Å²) in [6, 6.07) is 0.161. The molecule has 0 bridgehead atoms. The van der Waals surface area contributed by atoms with E-state index < -0.39 is 5.60 Å². The molecule has 1 unspecified atom stereocenters. The summed E-state index contributed by atoms with van der Waals surface area (Å²) < 4.78 is 5.46. The molecule has 1 aliphatic heterocycles. The Morgan fingerprint density at radius 2 is 2.00 bits per heavy atom. The first-order chi connectivity index (χ1) is 8.35. The second-order valence-corrected chi connectivity index (χ2v) is 6.87. The van der Waals surface area contributed by atoms with Crippen molar-refractivity contribution in [1.82, 2.24) is 4.90 Å². The Bertz CT molecular complexity index is 324. The minimum absolute atomic E-state index is 0. The van der Waals surface area contributed by atoms with Crippen molar-refractivity contribution in [3.8, 4) is 0 Å². The smallest absolute Gasteiger partial charge is 0.410 e. The van der Waals surface area contributed by atoms with Crippen LogP contribution in [0.5, 0.6) is 0 Å². The first-order valence-electron chi connectivity index (χ1n) is 7.05. The van der Waals surface area contributed by atoms with Gasteiger partial charge in [-0.05, 0) is 51.9 Å². The van der Waals surface area contributed by atoms with Crippen LogP contribution in [0.3, 0.4) is 0 Å². The zero-order valence-electron chi connectivity index (χ0n) is 12.3. The van der Waals surface area contributed by atoms with Crippen LogP contribution in [0.25, 0.3) is 0 Å². The highest BCUT2D eigenvalue weighted by atomic mass is 35.5. The van der Waals surface area contributed by atoms with E-state index in [-0.39, 0.29) is 24.5 Å². The molecule has 2 N–H and O–H groups in total. The van der Waals surface area contributed by atoms with Crippen LogP contribution in [-0.2, 0) is 4.74 Å². The average molecular weight is 291 g/mol. The molecule has 0 radical (unpaired) electrons. The third kappa shape index (κ3) is 3.76. The van der Waals surface area contributed by atoms with Crippen molar-refractivity contribution >= 4 is 18.5 Å². The summed E-state index contributed by atoms with van der Waals surface area (Å²) in [6.45, 7) is 7.05. The van der Waals surface area contributed by atoms with Gasteiger partial charge in [0.15, 0.2) is 0 Å². The van der Waals surface area contributed by atoms with Crippen LogP contribution < -0.4 is 5.73 Å². The molecule has 1 aliphatic carbocycles. The van der Waals surface area contributed by atoms with Crippen LogP contribution in [0, 0.1) is 5.41 Å². The van der Waals surface area contributed by atoms with Crippen molar-refractivity contribution in [2.45, 2.75) is 64.5 Å². The van der Waals surface area contributed by atoms with Gasteiger partial charge in [0, 0.05) is 19.1 Å². The maximum absolute atomic E-state index is 12.1. The Hall–Kier alpha value is -0.480. The van der Waals surface area contributed by atoms with Gasteiger partial charge < -0.3 is 15.4 Å². The molecule has 1 spiro atoms. The largest absolute Gasteiger partial charge is 0.444 e. The van der Waals surface area contributed by atoms with Gasteiger partial charge in [-0.1, -0.05) is 6.42 Å². The lowest BCUT2D eigenvalue weighted by atomic mass is 9.61. The molecular weight excluding hydrogens is 264 g/mol. The first kappa shape index (κ1) is 16.6. The first-order valence-corrected chi connectivity index (χ1v) is 7.05. The summed E-state index contributed by atoms with van der Waals surface area (Å²) in [5.74, 6) is 0. The van der Waals surface area contributed by atoms with Crippen LogP contribution >= 0.6 is 12.4 Å². The number of piperidine rings is 1. The molecule has 1 amide bonds. The molecule has 1 atom stereocenters. The fourth-order valence-electron chi connectivity index (χ4n) is 3.15. The van der Waals surface area contributed by atoms with Crippen LogP contribution in [0.15, 0.2) is 0 Å². The fourth-order valence-corrected chi connectivity index (χ4v) is 3.15. The van der Waals surface area contributed by atoms with E-state index in [1.165, 1.54) is 19.3 Å². The number of carbonyl (C=O) groups is 1. The highest BCUT2D eigenvalue weighted by Crippen LogP contribution is 2.50. The summed E-state index contributed by atoms with van der Waals surface area (Å²) in [4.78, 5) is 14.0. The van der Waals surface area contributed by atoms with Gasteiger partial charge in [0.05, 0.1) is 0 Å². The summed E-state index contributed by atoms with van der Waals surface area (Å²) in [5.41, 5.74) is 5.91. The Balaban J connectivity index is 0.00000180. The number of nitrogens with zero attached hydrogens (tertiary/aromatic N) is 1. The molecule has 1 heterocycles. The predicted octanol–water partition coefficient (Wildman–Crippen LogP) is 2.94. The van der Waals surface area contributed by atoms with E-state index in [1.807, 2.05) is 25.7 Å². The number of nitrogens with two attached hydrogens (primary N) is 1. The molecule has 0 aromatic carbocycles. The highest BCUT2D eigenvalue weighted by molar-refractivity contribution is 5.85. The number of hydrogen-bond acceptors (Lipinski definition) is 3. The minimum Gasteiger partial charge on any atom is -0.444 e. The Morgan fingerprint density at radius 1 is 1.37 bits per heavy atom. The number of halogens is 1. The van der Waals surface area contributed by atoms with Gasteiger partial charge >= 0.3 is 6.09 Å². The monoisotopic (exact) mass is 290 g/mol. The number of carbonyl (C=O) groups excluding carboxylic acids is 1. The zero-order valence-corrected chi connectivity index (χ0v) is 13.1. The topological polar surface area (TPSA) is 55.6 Å². The molecule has 0 aromatic heterocycles. The van der Waals surface area contributed by atoms with E-state index in [1.54, 1.807) is 0 Å². The van der Waals surface area contributed by atoms with Gasteiger partial charge in [0.1, 0.15) is 5.60 Å². The molecule has 1 saturated heterocycles. The van der Waals surface area contributed by atoms with E-state index in [9.17, 15) is 4.79 Å². The van der Waals surface area contributed by atoms with Crippen molar-refractivity contribution in [3.63, 3.8) is 0 Å². The third-order valence-corrected chi connectivity index (χ3v) is 4.31. The standard InChI is InChI=1S/C14H26N2O2.ClH/c1-13(2,3)18-12(17)16-8-7-14(5-4-6-14)9-11(16)10-15;/h11H,4-10,15H2,1-3H3;1H. The zero-order chi connectivity index (χ0) is 13.4. The maximum Gasteiger partial charge on any atom is 0.410 e. The molecule has 5 heteroatoms. The van der Waals surface area contributed by atoms with Crippen molar-refractivity contribution in [2.75, 3.05) is 13.1 Å². The van der Waals surface area contributed by atoms with Gasteiger partial charge in [-0.2, -0.15) is 0 Å². The summed E-state index contributed by atoms with van der Waals surface area (Å²) >= 11 is 0. The Labute approximate surface area is 122 Å². The molecule has 1 saturated carbocycles. The molecule has 2 aliphatic rings. The summed E-state index contributed by atoms with van der Waals surface area (Å²) in [5, 5.41) is 0. The third-order valence-electron chi connectivity index (χ3n) is 4.31. The van der Waals surface area contributed by atoms with Gasteiger partial charge in [0.2, 0.25) is 0 Å². The molecular formula is C14H27ClN2O2. The lowest BCUT2D eigenvalue weighted by Crippen LogP contribution is -2.55. The van der Waals surface area contributed by atoms with E-state index in [2.05, 4.69) is 0 Å². The number of likely N-dealkylation sites (tertiary alicyclic amines) is 1. The molecule has 112 valence electrons. The van der Waals surface area contributed by atoms with Crippen LogP contribution in [0.2, 0.25) is 0 Å². The van der Waals surface area contributed by atoms with Gasteiger partial charge in [-0.25, -0.2) is 4.79 Å². The maximum atomic E-state index is 12.1. The van der Waals surface area contributed by atoms with Crippen LogP contribution in [-0.4, -0.2) is 35.7 Å². The van der Waals surface area contributed by atoms with Gasteiger partial charge in [-0.3, -0.25) is 0 Å². The van der Waals surface area contributed by atoms with Crippen LogP contribution in [0.4, 0.5) is 4.79 Å². The molecule has 0 aromatic rings. The number of amides is 1. The number of hydrogen-bond donors (Lipinski definition) is 1. The highest BCUT2D eigenvalue weighted by Gasteiger charge is 2.45. The van der Waals surface area contributed by atoms with E-state index in [4.69, 9.17) is 10.5 Å². The molecule has 2 rings (SSSR count). The average Bonchev–Trinajstić information content (AvgIpc) is 2.23. The van der Waals surface area contributed by atoms with E-state index in [0.717, 1.165) is 19.4 Å². The van der Waals surface area contributed by atoms with Gasteiger partial charge in [0.25, 0.3) is 0 Å². The quantitative estimate of drug-likeness (QED) is 0.808. The number of ether oxygens (including phenoxy) is 1. The molecule has 4 nitrogen and oxygen atoms in total. The van der Waals surface area contributed by atoms with E-state index >= 15 is 0 Å². The summed E-state index contributed by atoms with van der Waals surface area (Å²) in [6.07, 6.45) is 5.93. The van der Waals surface area contributed by atoms with Gasteiger partial charge in [-0.15, -0.1) is 12.4 Å². The normalized spacial score (nSPS) is 25.5. The van der Waals surface area contributed by atoms with Crippen molar-refractivity contribution in [3.05, 3.63) is 0 Å². The van der Waals surface area contributed by atoms with Crippen LogP contribution in [0.1, 0.15) is 52.9 Å². The second kappa shape index (κ2) is 5.88. The minimum atomic E-state index is -0.429. The lowest BCUT2D eigenvalue weighted by Gasteiger charge is -2.51. The second-order valence-electron chi connectivity index (χ2n) is 6.87. The number of rotatable bonds is 1. The Kier molecular flexibility index (Phi) is 5.13. The molecule has 2 fully saturated rings. The van der Waals surface area contributed by atoms with Crippen molar-refractivity contribution in [2.24, 2.45) is 11.1 Å². The van der Waals surface area contributed by atoms with Crippen molar-refractivity contribution in [1.29, 1.82) is 0 Å². The fraction of sp³-hybridized carbons (Fsp3) is 0.929. The summed E-state index contributed by atoms with van der Waals surface area (Å²) in [7, 11) is 0. The molecule has 19 heavy (non-hydrogen) atoms. The Morgan fingerprint density at radius 3 is 2.42 bits per heavy atom. The van der Waals surface area contributed by atoms with Crippen molar-refractivity contribution < 1.29 is 9.53 Å². The predicted molar refractivity (Wildman–Crippen MR) is 78.5 cm³/mol.